The van der Waals surface area contributed by atoms with Crippen molar-refractivity contribution in [3.8, 4) is 11.5 Å². The zero-order valence-corrected chi connectivity index (χ0v) is 19.5. The summed E-state index contributed by atoms with van der Waals surface area (Å²) in [6.07, 6.45) is 3.67. The Balaban J connectivity index is 1.37. The molecule has 1 aliphatic rings. The summed E-state index contributed by atoms with van der Waals surface area (Å²) in [5, 5.41) is 4.70. The molecule has 1 fully saturated rings. The van der Waals surface area contributed by atoms with Crippen molar-refractivity contribution in [2.24, 2.45) is 0 Å². The fourth-order valence-electron chi connectivity index (χ4n) is 4.04. The van der Waals surface area contributed by atoms with Crippen LogP contribution in [0.15, 0.2) is 54.7 Å². The molecule has 1 N–H and O–H groups in total. The van der Waals surface area contributed by atoms with E-state index in [1.165, 1.54) is 0 Å². The molecule has 0 aliphatic carbocycles. The number of methoxy groups -OCH3 is 2. The molecule has 1 aliphatic heterocycles. The zero-order chi connectivity index (χ0) is 22.5. The number of ether oxygens (including phenoxy) is 2. The standard InChI is InChI=1S/C25H29N3O3S/c1-17(27-22-15-21(31-3)14-19-7-4-12-26-24(19)22)6-5-13-28-23(29)16-32-25(28)18-8-10-20(30-2)11-9-18/h4,7-12,14-15,17,25,27H,5-6,13,16H2,1-3H3. The lowest BCUT2D eigenvalue weighted by Gasteiger charge is -2.25. The van der Waals surface area contributed by atoms with E-state index in [1.54, 1.807) is 32.2 Å². The summed E-state index contributed by atoms with van der Waals surface area (Å²) in [6, 6.07) is 16.2. The van der Waals surface area contributed by atoms with Gasteiger partial charge in [-0.15, -0.1) is 11.8 Å². The third kappa shape index (κ3) is 4.93. The predicted molar refractivity (Wildman–Crippen MR) is 131 cm³/mol. The predicted octanol–water partition coefficient (Wildman–Crippen LogP) is 5.11. The lowest BCUT2D eigenvalue weighted by Crippen LogP contribution is -2.30. The quantitative estimate of drug-likeness (QED) is 0.488. The van der Waals surface area contributed by atoms with Gasteiger partial charge < -0.3 is 19.7 Å². The smallest absolute Gasteiger partial charge is 0.233 e. The maximum atomic E-state index is 12.5. The molecule has 168 valence electrons. The highest BCUT2D eigenvalue weighted by Crippen LogP contribution is 2.39. The number of hydrogen-bond acceptors (Lipinski definition) is 6. The molecule has 0 bridgehead atoms. The number of anilines is 1. The Morgan fingerprint density at radius 2 is 1.94 bits per heavy atom. The van der Waals surface area contributed by atoms with Crippen molar-refractivity contribution < 1.29 is 14.3 Å². The van der Waals surface area contributed by atoms with E-state index >= 15 is 0 Å². The van der Waals surface area contributed by atoms with Crippen LogP contribution < -0.4 is 14.8 Å². The second-order valence-corrected chi connectivity index (χ2v) is 9.03. The first-order valence-electron chi connectivity index (χ1n) is 10.8. The van der Waals surface area contributed by atoms with Gasteiger partial charge in [-0.25, -0.2) is 0 Å². The van der Waals surface area contributed by atoms with Gasteiger partial charge in [0.1, 0.15) is 16.9 Å². The second-order valence-electron chi connectivity index (χ2n) is 7.96. The van der Waals surface area contributed by atoms with Gasteiger partial charge in [-0.2, -0.15) is 0 Å². The number of pyridine rings is 1. The molecule has 6 nitrogen and oxygen atoms in total. The summed E-state index contributed by atoms with van der Waals surface area (Å²) in [4.78, 5) is 19.0. The van der Waals surface area contributed by atoms with E-state index in [4.69, 9.17) is 9.47 Å². The van der Waals surface area contributed by atoms with E-state index in [0.717, 1.165) is 53.0 Å². The molecule has 1 aromatic heterocycles. The molecule has 1 saturated heterocycles. The largest absolute Gasteiger partial charge is 0.497 e. The Kier molecular flexibility index (Phi) is 7.05. The number of carbonyl (C=O) groups is 1. The summed E-state index contributed by atoms with van der Waals surface area (Å²) in [7, 11) is 3.34. The van der Waals surface area contributed by atoms with Crippen LogP contribution in [0, 0.1) is 0 Å². The molecule has 4 rings (SSSR count). The van der Waals surface area contributed by atoms with Gasteiger partial charge in [-0.05, 0) is 49.6 Å². The number of benzene rings is 2. The Morgan fingerprint density at radius 1 is 1.16 bits per heavy atom. The van der Waals surface area contributed by atoms with E-state index in [2.05, 4.69) is 17.2 Å². The summed E-state index contributed by atoms with van der Waals surface area (Å²) in [5.41, 5.74) is 3.05. The van der Waals surface area contributed by atoms with Crippen molar-refractivity contribution in [2.75, 3.05) is 31.8 Å². The summed E-state index contributed by atoms with van der Waals surface area (Å²) in [5.74, 6) is 2.38. The molecular formula is C25H29N3O3S. The SMILES string of the molecule is COc1ccc(C2SCC(=O)N2CCCC(C)Nc2cc(OC)cc3cccnc23)cc1. The molecule has 0 spiro atoms. The molecule has 2 aromatic carbocycles. The maximum Gasteiger partial charge on any atom is 0.233 e. The van der Waals surface area contributed by atoms with Crippen LogP contribution in [0.1, 0.15) is 30.7 Å². The second kappa shape index (κ2) is 10.1. The number of rotatable bonds is 9. The Bertz CT molecular complexity index is 1070. The highest BCUT2D eigenvalue weighted by atomic mass is 32.2. The molecule has 1 amide bonds. The monoisotopic (exact) mass is 451 g/mol. The fraction of sp³-hybridized carbons (Fsp3) is 0.360. The van der Waals surface area contributed by atoms with E-state index in [1.807, 2.05) is 53.4 Å². The number of amides is 1. The maximum absolute atomic E-state index is 12.5. The van der Waals surface area contributed by atoms with Crippen molar-refractivity contribution in [1.82, 2.24) is 9.88 Å². The average molecular weight is 452 g/mol. The van der Waals surface area contributed by atoms with Crippen LogP contribution in [0.25, 0.3) is 10.9 Å². The van der Waals surface area contributed by atoms with Gasteiger partial charge >= 0.3 is 0 Å². The number of nitrogens with one attached hydrogen (secondary N) is 1. The topological polar surface area (TPSA) is 63.7 Å². The van der Waals surface area contributed by atoms with E-state index in [9.17, 15) is 4.79 Å². The molecule has 3 aromatic rings. The number of hydrogen-bond donors (Lipinski definition) is 1. The van der Waals surface area contributed by atoms with Crippen LogP contribution in [-0.4, -0.2) is 48.4 Å². The third-order valence-electron chi connectivity index (χ3n) is 5.72. The minimum atomic E-state index is 0.0724. The van der Waals surface area contributed by atoms with Crippen molar-refractivity contribution in [3.05, 3.63) is 60.3 Å². The van der Waals surface area contributed by atoms with E-state index in [0.29, 0.717) is 5.75 Å². The molecule has 0 saturated carbocycles. The molecule has 2 heterocycles. The van der Waals surface area contributed by atoms with E-state index in [-0.39, 0.29) is 17.3 Å². The van der Waals surface area contributed by atoms with Crippen LogP contribution in [0.4, 0.5) is 5.69 Å². The van der Waals surface area contributed by atoms with Crippen LogP contribution in [0.3, 0.4) is 0 Å². The van der Waals surface area contributed by atoms with Gasteiger partial charge in [0.2, 0.25) is 5.91 Å². The fourth-order valence-corrected chi connectivity index (χ4v) is 5.26. The third-order valence-corrected chi connectivity index (χ3v) is 6.98. The van der Waals surface area contributed by atoms with Crippen LogP contribution in [0.5, 0.6) is 11.5 Å². The first kappa shape index (κ1) is 22.3. The molecule has 7 heteroatoms. The Hall–Kier alpha value is -2.93. The normalized spacial score (nSPS) is 16.9. The molecule has 32 heavy (non-hydrogen) atoms. The highest BCUT2D eigenvalue weighted by Gasteiger charge is 2.32. The van der Waals surface area contributed by atoms with Crippen LogP contribution >= 0.6 is 11.8 Å². The van der Waals surface area contributed by atoms with E-state index < -0.39 is 0 Å². The number of carbonyl (C=O) groups excluding carboxylic acids is 1. The first-order valence-corrected chi connectivity index (χ1v) is 11.9. The minimum Gasteiger partial charge on any atom is -0.497 e. The number of nitrogens with zero attached hydrogens (tertiary/aromatic N) is 2. The summed E-state index contributed by atoms with van der Waals surface area (Å²) in [6.45, 7) is 2.90. The molecule has 2 atom stereocenters. The van der Waals surface area contributed by atoms with Gasteiger partial charge in [-0.3, -0.25) is 9.78 Å². The summed E-state index contributed by atoms with van der Waals surface area (Å²) < 4.78 is 10.7. The number of thioether (sulfide) groups is 1. The number of fused-ring (bicyclic) bond motifs is 1. The average Bonchev–Trinajstić information content (AvgIpc) is 3.19. The first-order chi connectivity index (χ1) is 15.6. The minimum absolute atomic E-state index is 0.0724. The van der Waals surface area contributed by atoms with Crippen molar-refractivity contribution in [2.45, 2.75) is 31.2 Å². The highest BCUT2D eigenvalue weighted by molar-refractivity contribution is 8.00. The van der Waals surface area contributed by atoms with Gasteiger partial charge in [0.25, 0.3) is 0 Å². The molecular weight excluding hydrogens is 422 g/mol. The van der Waals surface area contributed by atoms with Gasteiger partial charge in [0, 0.05) is 30.2 Å². The molecule has 0 radical (unpaired) electrons. The zero-order valence-electron chi connectivity index (χ0n) is 18.7. The lowest BCUT2D eigenvalue weighted by molar-refractivity contribution is -0.128. The van der Waals surface area contributed by atoms with Crippen molar-refractivity contribution in [1.29, 1.82) is 0 Å². The van der Waals surface area contributed by atoms with Crippen LogP contribution in [0.2, 0.25) is 0 Å². The van der Waals surface area contributed by atoms with Crippen molar-refractivity contribution in [3.63, 3.8) is 0 Å². The lowest BCUT2D eigenvalue weighted by atomic mass is 10.1. The van der Waals surface area contributed by atoms with Gasteiger partial charge in [0.05, 0.1) is 31.2 Å². The summed E-state index contributed by atoms with van der Waals surface area (Å²) >= 11 is 1.69. The molecule has 2 unspecified atom stereocenters. The van der Waals surface area contributed by atoms with Gasteiger partial charge in [0.15, 0.2) is 0 Å². The Morgan fingerprint density at radius 3 is 2.69 bits per heavy atom. The van der Waals surface area contributed by atoms with Crippen LogP contribution in [-0.2, 0) is 4.79 Å². The van der Waals surface area contributed by atoms with Crippen molar-refractivity contribution >= 4 is 34.3 Å². The Labute approximate surface area is 193 Å². The number of aromatic nitrogens is 1. The van der Waals surface area contributed by atoms with Gasteiger partial charge in [-0.1, -0.05) is 18.2 Å².